The van der Waals surface area contributed by atoms with Gasteiger partial charge >= 0.3 is 0 Å². The molecule has 1 aromatic rings. The third kappa shape index (κ3) is 6.24. The Morgan fingerprint density at radius 2 is 2.09 bits per heavy atom. The predicted octanol–water partition coefficient (Wildman–Crippen LogP) is 1.34. The van der Waals surface area contributed by atoms with Crippen LogP contribution in [0.3, 0.4) is 0 Å². The molecule has 0 fully saturated rings. The molecule has 0 aliphatic carbocycles. The minimum atomic E-state index is -0.130. The van der Waals surface area contributed by atoms with Crippen LogP contribution >= 0.6 is 0 Å². The smallest absolute Gasteiger partial charge is 0.177 e. The second kappa shape index (κ2) is 6.48. The largest absolute Gasteiger partial charge is 0.351 e. The molecule has 1 aromatic heterocycles. The second-order valence-corrected chi connectivity index (χ2v) is 1.57. The molecule has 0 aliphatic heterocycles. The molecule has 3 nitrogen and oxygen atoms in total. The third-order valence-corrected chi connectivity index (χ3v) is 0.808. The van der Waals surface area contributed by atoms with Crippen molar-refractivity contribution in [3.8, 4) is 0 Å². The number of ketones is 1. The number of aromatic amines is 1. The van der Waals surface area contributed by atoms with Crippen LogP contribution in [-0.2, 0) is 4.79 Å². The van der Waals surface area contributed by atoms with Crippen LogP contribution in [0.4, 0.5) is 0 Å². The molecule has 58 valence electrons. The summed E-state index contributed by atoms with van der Waals surface area (Å²) in [6.07, 6.45) is 7.51. The van der Waals surface area contributed by atoms with Crippen LogP contribution < -0.4 is 0 Å². The zero-order valence-corrected chi connectivity index (χ0v) is 6.16. The van der Waals surface area contributed by atoms with Crippen LogP contribution in [0.15, 0.2) is 44.0 Å². The van der Waals surface area contributed by atoms with Gasteiger partial charge in [0.25, 0.3) is 0 Å². The highest BCUT2D eigenvalue weighted by Gasteiger charge is 1.75. The first-order valence-electron chi connectivity index (χ1n) is 3.03. The number of H-pyrrole nitrogens is 1. The van der Waals surface area contributed by atoms with Gasteiger partial charge in [-0.1, -0.05) is 13.2 Å². The molecule has 0 aromatic carbocycles. The fraction of sp³-hybridized carbons (Fsp3) is 0. The molecule has 3 heteroatoms. The normalized spacial score (nSPS) is 7.27. The van der Waals surface area contributed by atoms with E-state index < -0.39 is 0 Å². The van der Waals surface area contributed by atoms with Gasteiger partial charge in [-0.15, -0.1) is 0 Å². The van der Waals surface area contributed by atoms with Crippen molar-refractivity contribution in [3.63, 3.8) is 0 Å². The lowest BCUT2D eigenvalue weighted by Crippen LogP contribution is -1.78. The fourth-order valence-electron chi connectivity index (χ4n) is 0.298. The van der Waals surface area contributed by atoms with E-state index in [4.69, 9.17) is 0 Å². The number of allylic oxidation sites excluding steroid dienone is 2. The van der Waals surface area contributed by atoms with Crippen molar-refractivity contribution in [1.82, 2.24) is 9.97 Å². The maximum absolute atomic E-state index is 9.94. The quantitative estimate of drug-likeness (QED) is 0.646. The number of carbonyl (C=O) groups is 1. The van der Waals surface area contributed by atoms with E-state index in [1.807, 2.05) is 0 Å². The Morgan fingerprint density at radius 1 is 1.45 bits per heavy atom. The van der Waals surface area contributed by atoms with E-state index in [1.54, 1.807) is 18.7 Å². The Hall–Kier alpha value is -1.64. The number of aromatic nitrogens is 2. The van der Waals surface area contributed by atoms with Gasteiger partial charge < -0.3 is 4.98 Å². The molecule has 1 N–H and O–H groups in total. The van der Waals surface area contributed by atoms with E-state index in [2.05, 4.69) is 23.1 Å². The number of rotatable bonds is 2. The van der Waals surface area contributed by atoms with Crippen LogP contribution in [-0.4, -0.2) is 15.8 Å². The molecule has 1 heterocycles. The van der Waals surface area contributed by atoms with Crippen molar-refractivity contribution < 1.29 is 4.79 Å². The number of imidazole rings is 1. The van der Waals surface area contributed by atoms with Crippen LogP contribution in [0.5, 0.6) is 0 Å². The average Bonchev–Trinajstić information content (AvgIpc) is 2.60. The Labute approximate surface area is 65.5 Å². The summed E-state index contributed by atoms with van der Waals surface area (Å²) >= 11 is 0. The molecule has 0 atom stereocenters. The number of nitrogens with zero attached hydrogens (tertiary/aromatic N) is 1. The Kier molecular flexibility index (Phi) is 5.51. The first-order valence-corrected chi connectivity index (χ1v) is 3.03. The third-order valence-electron chi connectivity index (χ3n) is 0.808. The first-order chi connectivity index (χ1) is 5.31. The minimum absolute atomic E-state index is 0.130. The molecule has 0 bridgehead atoms. The summed E-state index contributed by atoms with van der Waals surface area (Å²) in [4.78, 5) is 16.4. The average molecular weight is 150 g/mol. The molecule has 1 rings (SSSR count). The van der Waals surface area contributed by atoms with Gasteiger partial charge in [-0.25, -0.2) is 4.98 Å². The monoisotopic (exact) mass is 150 g/mol. The molecule has 0 saturated carbocycles. The van der Waals surface area contributed by atoms with Crippen LogP contribution in [0.25, 0.3) is 0 Å². The highest BCUT2D eigenvalue weighted by molar-refractivity contribution is 5.98. The van der Waals surface area contributed by atoms with Crippen LogP contribution in [0.1, 0.15) is 0 Å². The van der Waals surface area contributed by atoms with Gasteiger partial charge in [0.05, 0.1) is 6.33 Å². The lowest BCUT2D eigenvalue weighted by molar-refractivity contribution is -0.110. The van der Waals surface area contributed by atoms with Crippen molar-refractivity contribution in [2.75, 3.05) is 0 Å². The summed E-state index contributed by atoms with van der Waals surface area (Å²) in [6, 6.07) is 0. The Bertz CT molecular complexity index is 187. The molecular formula is C8H10N2O. The predicted molar refractivity (Wildman–Crippen MR) is 44.0 cm³/mol. The van der Waals surface area contributed by atoms with E-state index >= 15 is 0 Å². The first kappa shape index (κ1) is 9.36. The van der Waals surface area contributed by atoms with Gasteiger partial charge in [-0.05, 0) is 12.2 Å². The molecule has 0 aliphatic rings. The fourth-order valence-corrected chi connectivity index (χ4v) is 0.298. The maximum Gasteiger partial charge on any atom is 0.177 e. The van der Waals surface area contributed by atoms with Crippen LogP contribution in [0.2, 0.25) is 0 Å². The summed E-state index contributed by atoms with van der Waals surface area (Å²) in [5.41, 5.74) is 0. The van der Waals surface area contributed by atoms with Crippen LogP contribution in [0, 0.1) is 0 Å². The zero-order valence-electron chi connectivity index (χ0n) is 6.16. The number of nitrogens with one attached hydrogen (secondary N) is 1. The molecule has 0 unspecified atom stereocenters. The summed E-state index contributed by atoms with van der Waals surface area (Å²) in [6.45, 7) is 6.42. The van der Waals surface area contributed by atoms with Crippen molar-refractivity contribution in [3.05, 3.63) is 44.0 Å². The van der Waals surface area contributed by atoms with Crippen molar-refractivity contribution in [2.24, 2.45) is 0 Å². The van der Waals surface area contributed by atoms with Gasteiger partial charge in [-0.3, -0.25) is 4.79 Å². The van der Waals surface area contributed by atoms with E-state index in [9.17, 15) is 4.79 Å². The van der Waals surface area contributed by atoms with Gasteiger partial charge in [0.1, 0.15) is 0 Å². The topological polar surface area (TPSA) is 45.8 Å². The zero-order chi connectivity index (χ0) is 8.53. The molecular weight excluding hydrogens is 140 g/mol. The Morgan fingerprint density at radius 3 is 2.18 bits per heavy atom. The standard InChI is InChI=1S/C5H6O.C3H4N2/c1-3-5(6)4-2;1-2-5-3-4-1/h3-4H,1-2H2;1-3H,(H,4,5). The SMILES string of the molecule is C=CC(=O)C=C.c1c[nH]cn1. The summed E-state index contributed by atoms with van der Waals surface area (Å²) < 4.78 is 0. The minimum Gasteiger partial charge on any atom is -0.351 e. The van der Waals surface area contributed by atoms with E-state index in [0.29, 0.717) is 0 Å². The lowest BCUT2D eigenvalue weighted by atomic mass is 10.4. The summed E-state index contributed by atoms with van der Waals surface area (Å²) in [5, 5.41) is 0. The lowest BCUT2D eigenvalue weighted by Gasteiger charge is -1.68. The van der Waals surface area contributed by atoms with E-state index in [0.717, 1.165) is 0 Å². The van der Waals surface area contributed by atoms with Crippen molar-refractivity contribution >= 4 is 5.78 Å². The van der Waals surface area contributed by atoms with Gasteiger partial charge in [0.15, 0.2) is 5.78 Å². The van der Waals surface area contributed by atoms with Gasteiger partial charge in [0, 0.05) is 12.4 Å². The summed E-state index contributed by atoms with van der Waals surface area (Å²) in [5.74, 6) is -0.130. The molecule has 0 amide bonds. The molecule has 0 spiro atoms. The van der Waals surface area contributed by atoms with Gasteiger partial charge in [0.2, 0.25) is 0 Å². The second-order valence-electron chi connectivity index (χ2n) is 1.57. The number of hydrogen-bond donors (Lipinski definition) is 1. The van der Waals surface area contributed by atoms with E-state index in [1.165, 1.54) is 12.2 Å². The highest BCUT2D eigenvalue weighted by atomic mass is 16.1. The van der Waals surface area contributed by atoms with Crippen molar-refractivity contribution in [2.45, 2.75) is 0 Å². The van der Waals surface area contributed by atoms with Crippen molar-refractivity contribution in [1.29, 1.82) is 0 Å². The summed E-state index contributed by atoms with van der Waals surface area (Å²) in [7, 11) is 0. The van der Waals surface area contributed by atoms with Gasteiger partial charge in [-0.2, -0.15) is 0 Å². The highest BCUT2D eigenvalue weighted by Crippen LogP contribution is 1.68. The molecule has 0 saturated heterocycles. The Balaban J connectivity index is 0.000000183. The molecule has 11 heavy (non-hydrogen) atoms. The number of carbonyl (C=O) groups excluding carboxylic acids is 1. The number of hydrogen-bond acceptors (Lipinski definition) is 2. The maximum atomic E-state index is 9.94. The van der Waals surface area contributed by atoms with E-state index in [-0.39, 0.29) is 5.78 Å². The molecule has 0 radical (unpaired) electrons.